The number of rotatable bonds is 5. The number of carbonyl (C=O) groups is 1. The Morgan fingerprint density at radius 2 is 2.00 bits per heavy atom. The van der Waals surface area contributed by atoms with Crippen molar-refractivity contribution in [1.82, 2.24) is 4.90 Å². The molecular formula is C14H26N2O2. The summed E-state index contributed by atoms with van der Waals surface area (Å²) >= 11 is 0. The van der Waals surface area contributed by atoms with Crippen LogP contribution in [0.4, 0.5) is 0 Å². The first-order valence-corrected chi connectivity index (χ1v) is 7.12. The Bertz CT molecular complexity index is 292. The number of ether oxygens (including phenoxy) is 1. The molecule has 1 heterocycles. The molecule has 3 unspecified atom stereocenters. The van der Waals surface area contributed by atoms with Crippen LogP contribution in [0.15, 0.2) is 0 Å². The van der Waals surface area contributed by atoms with Gasteiger partial charge in [-0.05, 0) is 51.0 Å². The maximum atomic E-state index is 11.5. The van der Waals surface area contributed by atoms with Crippen molar-refractivity contribution in [3.63, 3.8) is 0 Å². The fraction of sp³-hybridized carbons (Fsp3) is 0.929. The number of fused-ring (bicyclic) bond motifs is 1. The van der Waals surface area contributed by atoms with E-state index < -0.39 is 5.54 Å². The molecule has 0 aromatic carbocycles. The summed E-state index contributed by atoms with van der Waals surface area (Å²) in [5.74, 6) is 1.57. The van der Waals surface area contributed by atoms with E-state index in [0.29, 0.717) is 6.42 Å². The maximum Gasteiger partial charge on any atom is 0.325 e. The van der Waals surface area contributed by atoms with Crippen molar-refractivity contribution in [3.8, 4) is 0 Å². The van der Waals surface area contributed by atoms with E-state index in [9.17, 15) is 4.79 Å². The Hall–Kier alpha value is -0.610. The SMILES string of the molecule is COC(=O)C(C)(N)CCCN1CC2CCCC2C1. The number of hydrogen-bond acceptors (Lipinski definition) is 4. The molecule has 1 aliphatic carbocycles. The second kappa shape index (κ2) is 5.57. The van der Waals surface area contributed by atoms with Crippen molar-refractivity contribution in [2.45, 2.75) is 44.6 Å². The summed E-state index contributed by atoms with van der Waals surface area (Å²) in [5, 5.41) is 0. The molecule has 1 saturated carbocycles. The number of nitrogens with two attached hydrogens (primary N) is 1. The molecule has 0 spiro atoms. The van der Waals surface area contributed by atoms with E-state index in [4.69, 9.17) is 10.5 Å². The fourth-order valence-electron chi connectivity index (χ4n) is 3.52. The summed E-state index contributed by atoms with van der Waals surface area (Å²) in [4.78, 5) is 14.0. The molecule has 0 aromatic rings. The van der Waals surface area contributed by atoms with E-state index in [1.807, 2.05) is 0 Å². The largest absolute Gasteiger partial charge is 0.468 e. The van der Waals surface area contributed by atoms with E-state index >= 15 is 0 Å². The number of nitrogens with zero attached hydrogens (tertiary/aromatic N) is 1. The molecular weight excluding hydrogens is 228 g/mol. The van der Waals surface area contributed by atoms with E-state index in [0.717, 1.165) is 24.8 Å². The normalized spacial score (nSPS) is 31.1. The van der Waals surface area contributed by atoms with Gasteiger partial charge in [-0.2, -0.15) is 0 Å². The highest BCUT2D eigenvalue weighted by Crippen LogP contribution is 2.37. The van der Waals surface area contributed by atoms with Gasteiger partial charge < -0.3 is 15.4 Å². The molecule has 0 aromatic heterocycles. The Balaban J connectivity index is 1.68. The molecule has 0 bridgehead atoms. The van der Waals surface area contributed by atoms with Gasteiger partial charge in [0, 0.05) is 13.1 Å². The molecule has 2 N–H and O–H groups in total. The van der Waals surface area contributed by atoms with Gasteiger partial charge in [-0.3, -0.25) is 4.79 Å². The van der Waals surface area contributed by atoms with Gasteiger partial charge in [0.25, 0.3) is 0 Å². The smallest absolute Gasteiger partial charge is 0.325 e. The summed E-state index contributed by atoms with van der Waals surface area (Å²) in [6.45, 7) is 5.34. The molecule has 2 rings (SSSR count). The molecule has 104 valence electrons. The molecule has 1 aliphatic heterocycles. The maximum absolute atomic E-state index is 11.5. The predicted molar refractivity (Wildman–Crippen MR) is 71.1 cm³/mol. The highest BCUT2D eigenvalue weighted by atomic mass is 16.5. The summed E-state index contributed by atoms with van der Waals surface area (Å²) in [5.41, 5.74) is 5.13. The van der Waals surface area contributed by atoms with Crippen LogP contribution in [0.1, 0.15) is 39.0 Å². The molecule has 0 radical (unpaired) electrons. The summed E-state index contributed by atoms with van der Waals surface area (Å²) in [7, 11) is 1.40. The Morgan fingerprint density at radius 1 is 1.39 bits per heavy atom. The third kappa shape index (κ3) is 3.04. The number of likely N-dealkylation sites (tertiary alicyclic amines) is 1. The Kier molecular flexibility index (Phi) is 4.28. The van der Waals surface area contributed by atoms with Crippen LogP contribution in [0.5, 0.6) is 0 Å². The highest BCUT2D eigenvalue weighted by molar-refractivity contribution is 5.79. The zero-order valence-corrected chi connectivity index (χ0v) is 11.7. The van der Waals surface area contributed by atoms with Gasteiger partial charge in [0.2, 0.25) is 0 Å². The third-order valence-electron chi connectivity index (χ3n) is 4.62. The minimum Gasteiger partial charge on any atom is -0.468 e. The fourth-order valence-corrected chi connectivity index (χ4v) is 3.52. The quantitative estimate of drug-likeness (QED) is 0.753. The van der Waals surface area contributed by atoms with Crippen LogP contribution in [0.3, 0.4) is 0 Å². The van der Waals surface area contributed by atoms with Crippen molar-refractivity contribution in [2.24, 2.45) is 17.6 Å². The van der Waals surface area contributed by atoms with Crippen molar-refractivity contribution < 1.29 is 9.53 Å². The van der Waals surface area contributed by atoms with Gasteiger partial charge in [0.15, 0.2) is 0 Å². The van der Waals surface area contributed by atoms with E-state index in [1.165, 1.54) is 39.5 Å². The number of carbonyl (C=O) groups excluding carboxylic acids is 1. The molecule has 4 heteroatoms. The second-order valence-corrected chi connectivity index (χ2v) is 6.22. The van der Waals surface area contributed by atoms with Crippen LogP contribution in [-0.2, 0) is 9.53 Å². The molecule has 1 saturated heterocycles. The van der Waals surface area contributed by atoms with Crippen LogP contribution >= 0.6 is 0 Å². The topological polar surface area (TPSA) is 55.6 Å². The lowest BCUT2D eigenvalue weighted by molar-refractivity contribution is -0.146. The predicted octanol–water partition coefficient (Wildman–Crippen LogP) is 1.39. The van der Waals surface area contributed by atoms with Gasteiger partial charge in [0.05, 0.1) is 7.11 Å². The molecule has 0 amide bonds. The third-order valence-corrected chi connectivity index (χ3v) is 4.62. The average Bonchev–Trinajstić information content (AvgIpc) is 2.88. The average molecular weight is 254 g/mol. The van der Waals surface area contributed by atoms with Gasteiger partial charge in [-0.15, -0.1) is 0 Å². The van der Waals surface area contributed by atoms with Gasteiger partial charge in [0.1, 0.15) is 5.54 Å². The van der Waals surface area contributed by atoms with Crippen molar-refractivity contribution in [3.05, 3.63) is 0 Å². The summed E-state index contributed by atoms with van der Waals surface area (Å²) in [6, 6.07) is 0. The van der Waals surface area contributed by atoms with Crippen molar-refractivity contribution in [1.29, 1.82) is 0 Å². The monoisotopic (exact) mass is 254 g/mol. The van der Waals surface area contributed by atoms with Crippen LogP contribution in [-0.4, -0.2) is 43.2 Å². The summed E-state index contributed by atoms with van der Waals surface area (Å²) < 4.78 is 4.72. The Labute approximate surface area is 110 Å². The molecule has 4 nitrogen and oxygen atoms in total. The number of hydrogen-bond donors (Lipinski definition) is 1. The second-order valence-electron chi connectivity index (χ2n) is 6.22. The lowest BCUT2D eigenvalue weighted by Crippen LogP contribution is -2.46. The van der Waals surface area contributed by atoms with E-state index in [-0.39, 0.29) is 5.97 Å². The standard InChI is InChI=1S/C14H26N2O2/c1-14(15,13(17)18-2)7-4-8-16-9-11-5-3-6-12(11)10-16/h11-12H,3-10,15H2,1-2H3. The minimum absolute atomic E-state index is 0.305. The number of methoxy groups -OCH3 is 1. The first-order chi connectivity index (χ1) is 8.53. The molecule has 2 aliphatic rings. The number of esters is 1. The minimum atomic E-state index is -0.829. The van der Waals surface area contributed by atoms with Crippen LogP contribution < -0.4 is 5.73 Å². The van der Waals surface area contributed by atoms with Crippen molar-refractivity contribution >= 4 is 5.97 Å². The van der Waals surface area contributed by atoms with Crippen LogP contribution in [0.2, 0.25) is 0 Å². The van der Waals surface area contributed by atoms with E-state index in [2.05, 4.69) is 4.90 Å². The van der Waals surface area contributed by atoms with Gasteiger partial charge in [-0.25, -0.2) is 0 Å². The summed E-state index contributed by atoms with van der Waals surface area (Å²) in [6.07, 6.45) is 5.93. The van der Waals surface area contributed by atoms with E-state index in [1.54, 1.807) is 6.92 Å². The first kappa shape index (κ1) is 13.8. The zero-order chi connectivity index (χ0) is 13.2. The lowest BCUT2D eigenvalue weighted by atomic mass is 9.97. The van der Waals surface area contributed by atoms with Crippen molar-refractivity contribution in [2.75, 3.05) is 26.7 Å². The molecule has 3 atom stereocenters. The highest BCUT2D eigenvalue weighted by Gasteiger charge is 2.36. The zero-order valence-electron chi connectivity index (χ0n) is 11.7. The molecule has 2 fully saturated rings. The Morgan fingerprint density at radius 3 is 2.56 bits per heavy atom. The van der Waals surface area contributed by atoms with Crippen LogP contribution in [0.25, 0.3) is 0 Å². The lowest BCUT2D eigenvalue weighted by Gasteiger charge is -2.23. The first-order valence-electron chi connectivity index (χ1n) is 7.12. The van der Waals surface area contributed by atoms with Gasteiger partial charge in [-0.1, -0.05) is 6.42 Å². The van der Waals surface area contributed by atoms with Crippen LogP contribution in [0, 0.1) is 11.8 Å². The molecule has 18 heavy (non-hydrogen) atoms. The van der Waals surface area contributed by atoms with Gasteiger partial charge >= 0.3 is 5.97 Å².